The van der Waals surface area contributed by atoms with Gasteiger partial charge in [-0.25, -0.2) is 0 Å². The maximum Gasteiger partial charge on any atom is 0.0218 e. The third-order valence-corrected chi connectivity index (χ3v) is 5.13. The van der Waals surface area contributed by atoms with Crippen molar-refractivity contribution in [3.8, 4) is 0 Å². The first kappa shape index (κ1) is 15.3. The maximum atomic E-state index is 3.62. The topological polar surface area (TPSA) is 18.5 Å². The molecule has 2 saturated heterocycles. The van der Waals surface area contributed by atoms with E-state index in [2.05, 4.69) is 42.9 Å². The molecule has 0 aromatic carbocycles. The Balaban J connectivity index is 1.87. The third-order valence-electron chi connectivity index (χ3n) is 5.13. The standard InChI is InChI=1S/C16H33N3/c1-5-15(11-17-13(2)3)19-10-8-16-14(12-19)7-6-9-18(16)4/h13-17H,5-12H2,1-4H3. The smallest absolute Gasteiger partial charge is 0.0218 e. The number of nitrogens with zero attached hydrogens (tertiary/aromatic N) is 2. The largest absolute Gasteiger partial charge is 0.313 e. The fourth-order valence-electron chi connectivity index (χ4n) is 3.92. The van der Waals surface area contributed by atoms with Gasteiger partial charge in [-0.1, -0.05) is 20.8 Å². The molecule has 3 nitrogen and oxygen atoms in total. The predicted molar refractivity (Wildman–Crippen MR) is 82.5 cm³/mol. The lowest BCUT2D eigenvalue weighted by Crippen LogP contribution is -2.56. The second kappa shape index (κ2) is 7.05. The highest BCUT2D eigenvalue weighted by Gasteiger charge is 2.35. The van der Waals surface area contributed by atoms with Gasteiger partial charge in [0.1, 0.15) is 0 Å². The van der Waals surface area contributed by atoms with Gasteiger partial charge < -0.3 is 10.2 Å². The molecule has 112 valence electrons. The number of hydrogen-bond donors (Lipinski definition) is 1. The molecule has 0 amide bonds. The Morgan fingerprint density at radius 2 is 2.00 bits per heavy atom. The molecule has 3 heteroatoms. The van der Waals surface area contributed by atoms with E-state index < -0.39 is 0 Å². The first-order chi connectivity index (χ1) is 9.11. The Kier molecular flexibility index (Phi) is 5.67. The highest BCUT2D eigenvalue weighted by atomic mass is 15.2. The first-order valence-electron chi connectivity index (χ1n) is 8.29. The molecule has 3 atom stereocenters. The summed E-state index contributed by atoms with van der Waals surface area (Å²) in [6.07, 6.45) is 5.48. The van der Waals surface area contributed by atoms with Crippen molar-refractivity contribution in [2.75, 3.05) is 33.2 Å². The summed E-state index contributed by atoms with van der Waals surface area (Å²) in [5.74, 6) is 0.917. The van der Waals surface area contributed by atoms with Crippen molar-refractivity contribution < 1.29 is 0 Å². The van der Waals surface area contributed by atoms with Gasteiger partial charge in [0.2, 0.25) is 0 Å². The molecule has 2 aliphatic rings. The molecule has 19 heavy (non-hydrogen) atoms. The van der Waals surface area contributed by atoms with Gasteiger partial charge in [0, 0.05) is 31.2 Å². The molecule has 2 rings (SSSR count). The minimum Gasteiger partial charge on any atom is -0.313 e. The van der Waals surface area contributed by atoms with E-state index in [9.17, 15) is 0 Å². The minimum atomic E-state index is 0.604. The molecule has 0 aromatic heterocycles. The fraction of sp³-hybridized carbons (Fsp3) is 1.00. The Morgan fingerprint density at radius 1 is 1.21 bits per heavy atom. The first-order valence-corrected chi connectivity index (χ1v) is 8.29. The van der Waals surface area contributed by atoms with E-state index in [4.69, 9.17) is 0 Å². The molecule has 1 N–H and O–H groups in total. The lowest BCUT2D eigenvalue weighted by molar-refractivity contribution is 0.0190. The predicted octanol–water partition coefficient (Wildman–Crippen LogP) is 2.18. The van der Waals surface area contributed by atoms with E-state index in [1.165, 1.54) is 45.3 Å². The number of piperidine rings is 2. The summed E-state index contributed by atoms with van der Waals surface area (Å²) in [7, 11) is 2.32. The van der Waals surface area contributed by atoms with Crippen molar-refractivity contribution in [1.82, 2.24) is 15.1 Å². The summed E-state index contributed by atoms with van der Waals surface area (Å²) in [6, 6.07) is 2.20. The van der Waals surface area contributed by atoms with Gasteiger partial charge in [0.05, 0.1) is 0 Å². The van der Waals surface area contributed by atoms with Crippen LogP contribution >= 0.6 is 0 Å². The summed E-state index contributed by atoms with van der Waals surface area (Å²) < 4.78 is 0. The number of nitrogens with one attached hydrogen (secondary N) is 1. The SMILES string of the molecule is CCC(CNC(C)C)N1CCC2C(CCCN2C)C1. The summed E-state index contributed by atoms with van der Waals surface area (Å²) in [6.45, 7) is 11.9. The zero-order valence-corrected chi connectivity index (χ0v) is 13.4. The van der Waals surface area contributed by atoms with Crippen LogP contribution in [0.4, 0.5) is 0 Å². The van der Waals surface area contributed by atoms with Crippen molar-refractivity contribution in [2.45, 2.75) is 64.6 Å². The normalized spacial score (nSPS) is 31.4. The number of likely N-dealkylation sites (tertiary alicyclic amines) is 2. The van der Waals surface area contributed by atoms with Crippen LogP contribution in [0.5, 0.6) is 0 Å². The van der Waals surface area contributed by atoms with Gasteiger partial charge in [-0.05, 0) is 51.7 Å². The Bertz CT molecular complexity index is 267. The van der Waals surface area contributed by atoms with E-state index in [1.807, 2.05) is 0 Å². The van der Waals surface area contributed by atoms with Gasteiger partial charge in [-0.2, -0.15) is 0 Å². The fourth-order valence-corrected chi connectivity index (χ4v) is 3.92. The molecule has 0 saturated carbocycles. The summed E-state index contributed by atoms with van der Waals surface area (Å²) in [5.41, 5.74) is 0. The van der Waals surface area contributed by atoms with Crippen molar-refractivity contribution >= 4 is 0 Å². The molecule has 0 radical (unpaired) electrons. The maximum absolute atomic E-state index is 3.62. The van der Waals surface area contributed by atoms with Crippen LogP contribution in [0.1, 0.15) is 46.5 Å². The number of rotatable bonds is 5. The monoisotopic (exact) mass is 267 g/mol. The molecule has 2 aliphatic heterocycles. The van der Waals surface area contributed by atoms with Crippen molar-refractivity contribution in [2.24, 2.45) is 5.92 Å². The molecule has 0 aromatic rings. The Labute approximate surface area is 119 Å². The summed E-state index contributed by atoms with van der Waals surface area (Å²) in [4.78, 5) is 5.37. The van der Waals surface area contributed by atoms with Crippen LogP contribution < -0.4 is 5.32 Å². The Hall–Kier alpha value is -0.120. The summed E-state index contributed by atoms with van der Waals surface area (Å²) in [5, 5.41) is 3.62. The van der Waals surface area contributed by atoms with Crippen LogP contribution in [0, 0.1) is 5.92 Å². The molecule has 3 unspecified atom stereocenters. The Morgan fingerprint density at radius 3 is 2.68 bits per heavy atom. The number of fused-ring (bicyclic) bond motifs is 1. The highest BCUT2D eigenvalue weighted by molar-refractivity contribution is 4.91. The van der Waals surface area contributed by atoms with Crippen molar-refractivity contribution in [3.05, 3.63) is 0 Å². The average Bonchev–Trinajstić information content (AvgIpc) is 2.39. The van der Waals surface area contributed by atoms with Gasteiger partial charge >= 0.3 is 0 Å². The molecule has 2 heterocycles. The third kappa shape index (κ3) is 3.93. The zero-order chi connectivity index (χ0) is 13.8. The highest BCUT2D eigenvalue weighted by Crippen LogP contribution is 2.30. The summed E-state index contributed by atoms with van der Waals surface area (Å²) >= 11 is 0. The second-order valence-electron chi connectivity index (χ2n) is 6.86. The van der Waals surface area contributed by atoms with Gasteiger partial charge in [-0.15, -0.1) is 0 Å². The minimum absolute atomic E-state index is 0.604. The van der Waals surface area contributed by atoms with Crippen LogP contribution in [0.25, 0.3) is 0 Å². The molecule has 0 spiro atoms. The molecule has 2 fully saturated rings. The van der Waals surface area contributed by atoms with Gasteiger partial charge in [0.25, 0.3) is 0 Å². The quantitative estimate of drug-likeness (QED) is 0.824. The second-order valence-corrected chi connectivity index (χ2v) is 6.86. The van der Waals surface area contributed by atoms with E-state index in [0.717, 1.165) is 24.5 Å². The van der Waals surface area contributed by atoms with Crippen LogP contribution in [-0.2, 0) is 0 Å². The molecule has 0 bridgehead atoms. The van der Waals surface area contributed by atoms with Crippen molar-refractivity contribution in [3.63, 3.8) is 0 Å². The van der Waals surface area contributed by atoms with E-state index in [-0.39, 0.29) is 0 Å². The van der Waals surface area contributed by atoms with Crippen molar-refractivity contribution in [1.29, 1.82) is 0 Å². The van der Waals surface area contributed by atoms with Crippen LogP contribution in [0.15, 0.2) is 0 Å². The average molecular weight is 267 g/mol. The lowest BCUT2D eigenvalue weighted by Gasteiger charge is -2.48. The zero-order valence-electron chi connectivity index (χ0n) is 13.4. The van der Waals surface area contributed by atoms with Crippen LogP contribution in [0.2, 0.25) is 0 Å². The van der Waals surface area contributed by atoms with Crippen LogP contribution in [0.3, 0.4) is 0 Å². The van der Waals surface area contributed by atoms with Gasteiger partial charge in [-0.3, -0.25) is 4.90 Å². The van der Waals surface area contributed by atoms with E-state index in [0.29, 0.717) is 6.04 Å². The van der Waals surface area contributed by atoms with Crippen LogP contribution in [-0.4, -0.2) is 61.2 Å². The molecular weight excluding hydrogens is 234 g/mol. The lowest BCUT2D eigenvalue weighted by atomic mass is 9.83. The van der Waals surface area contributed by atoms with E-state index >= 15 is 0 Å². The molecular formula is C16H33N3. The van der Waals surface area contributed by atoms with Gasteiger partial charge in [0.15, 0.2) is 0 Å². The van der Waals surface area contributed by atoms with E-state index in [1.54, 1.807) is 0 Å². The number of hydrogen-bond acceptors (Lipinski definition) is 3. The molecule has 0 aliphatic carbocycles.